The molecule has 0 atom stereocenters. The molecule has 288 valence electrons. The van der Waals surface area contributed by atoms with Crippen LogP contribution >= 0.6 is 0 Å². The van der Waals surface area contributed by atoms with Crippen LogP contribution in [0, 0.1) is 0 Å². The lowest BCUT2D eigenvalue weighted by molar-refractivity contribution is 0.0686. The maximum absolute atomic E-state index is 12.4. The van der Waals surface area contributed by atoms with Gasteiger partial charge in [0.15, 0.2) is 0 Å². The molecule has 1 aliphatic rings. The Morgan fingerprint density at radius 2 is 0.778 bits per heavy atom. The molecule has 5 rings (SSSR count). The van der Waals surface area contributed by atoms with Crippen LogP contribution in [0.5, 0.6) is 23.0 Å². The Balaban J connectivity index is 1.61. The van der Waals surface area contributed by atoms with Crippen LogP contribution in [0.15, 0.2) is 60.7 Å². The predicted octanol–water partition coefficient (Wildman–Crippen LogP) is 10.6. The highest BCUT2D eigenvalue weighted by molar-refractivity contribution is 5.89. The number of carboxylic acid groups (broad SMARTS) is 2. The number of aromatic hydroxyl groups is 2. The second-order valence-electron chi connectivity index (χ2n) is 14.6. The van der Waals surface area contributed by atoms with Gasteiger partial charge in [0.25, 0.3) is 0 Å². The topological polar surface area (TPSA) is 134 Å². The molecule has 4 aromatic carbocycles. The Morgan fingerprint density at radius 3 is 1.07 bits per heavy atom. The first-order chi connectivity index (χ1) is 26.2. The molecular weight excluding hydrogens is 680 g/mol. The molecular formula is C46H56O8. The van der Waals surface area contributed by atoms with E-state index < -0.39 is 11.9 Å². The van der Waals surface area contributed by atoms with E-state index in [1.54, 1.807) is 0 Å². The van der Waals surface area contributed by atoms with Crippen molar-refractivity contribution in [3.05, 3.63) is 116 Å². The Kier molecular flexibility index (Phi) is 14.8. The fourth-order valence-electron chi connectivity index (χ4n) is 7.44. The number of phenols is 2. The number of hydrogen-bond acceptors (Lipinski definition) is 6. The summed E-state index contributed by atoms with van der Waals surface area (Å²) < 4.78 is 13.0. The number of carboxylic acids is 2. The third-order valence-corrected chi connectivity index (χ3v) is 10.4. The molecule has 4 aromatic rings. The van der Waals surface area contributed by atoms with Gasteiger partial charge in [-0.3, -0.25) is 0 Å². The van der Waals surface area contributed by atoms with Gasteiger partial charge in [-0.15, -0.1) is 0 Å². The van der Waals surface area contributed by atoms with Crippen molar-refractivity contribution >= 4 is 11.9 Å². The lowest BCUT2D eigenvalue weighted by Gasteiger charge is -2.21. The molecule has 0 aliphatic heterocycles. The van der Waals surface area contributed by atoms with Gasteiger partial charge in [0.1, 0.15) is 23.0 Å². The number of fused-ring (bicyclic) bond motifs is 8. The molecule has 0 unspecified atom stereocenters. The summed E-state index contributed by atoms with van der Waals surface area (Å²) in [5.41, 5.74) is 5.03. The van der Waals surface area contributed by atoms with Gasteiger partial charge in [0, 0.05) is 25.7 Å². The summed E-state index contributed by atoms with van der Waals surface area (Å²) in [5.74, 6) is -0.927. The molecule has 0 aromatic heterocycles. The van der Waals surface area contributed by atoms with E-state index in [0.29, 0.717) is 47.0 Å². The summed E-state index contributed by atoms with van der Waals surface area (Å²) in [6.45, 7) is 5.30. The number of para-hydroxylation sites is 2. The van der Waals surface area contributed by atoms with Crippen LogP contribution in [0.3, 0.4) is 0 Å². The van der Waals surface area contributed by atoms with Gasteiger partial charge in [0.2, 0.25) is 0 Å². The number of hydrogen-bond donors (Lipinski definition) is 4. The Bertz CT molecular complexity index is 1670. The van der Waals surface area contributed by atoms with Crippen LogP contribution in [0.4, 0.5) is 0 Å². The number of phenolic OH excluding ortho intramolecular Hbond substituents is 2. The summed E-state index contributed by atoms with van der Waals surface area (Å²) in [7, 11) is 0. The van der Waals surface area contributed by atoms with Crippen molar-refractivity contribution in [2.75, 3.05) is 13.2 Å². The first-order valence-electron chi connectivity index (χ1n) is 19.8. The second kappa shape index (κ2) is 19.9. The van der Waals surface area contributed by atoms with Crippen molar-refractivity contribution in [1.29, 1.82) is 0 Å². The Hall–Kier alpha value is -4.98. The molecule has 0 fully saturated rings. The van der Waals surface area contributed by atoms with Crippen LogP contribution in [0.25, 0.3) is 0 Å². The van der Waals surface area contributed by atoms with Crippen molar-refractivity contribution in [3.8, 4) is 23.0 Å². The SMILES string of the molecule is CCCCCCCCOc1c2cccc1Cc1cc(C(=O)O)cc(c1O)Cc1cccc(c1OCCCCCCCC)Cc1cc(C(=O)O)cc(c1O)C2. The molecule has 0 saturated carbocycles. The molecule has 4 N–H and O–H groups in total. The number of unbranched alkanes of at least 4 members (excludes halogenated alkanes) is 10. The maximum Gasteiger partial charge on any atom is 0.335 e. The minimum absolute atomic E-state index is 0.0283. The zero-order valence-electron chi connectivity index (χ0n) is 31.9. The number of benzene rings is 4. The van der Waals surface area contributed by atoms with Crippen molar-refractivity contribution in [3.63, 3.8) is 0 Å². The Labute approximate surface area is 319 Å². The normalized spacial score (nSPS) is 12.3. The summed E-state index contributed by atoms with van der Waals surface area (Å²) in [6, 6.07) is 17.5. The average Bonchev–Trinajstić information content (AvgIpc) is 3.15. The highest BCUT2D eigenvalue weighted by Gasteiger charge is 2.23. The van der Waals surface area contributed by atoms with Gasteiger partial charge in [-0.2, -0.15) is 0 Å². The van der Waals surface area contributed by atoms with E-state index in [1.807, 2.05) is 36.4 Å². The number of aromatic carboxylic acids is 2. The average molecular weight is 737 g/mol. The van der Waals surface area contributed by atoms with E-state index in [1.165, 1.54) is 62.8 Å². The second-order valence-corrected chi connectivity index (χ2v) is 14.6. The van der Waals surface area contributed by atoms with Gasteiger partial charge in [-0.05, 0) is 81.6 Å². The zero-order chi connectivity index (χ0) is 38.5. The molecule has 0 saturated heterocycles. The fraction of sp³-hybridized carbons (Fsp3) is 0.435. The minimum Gasteiger partial charge on any atom is -0.507 e. The molecule has 8 bridgehead atoms. The number of carbonyl (C=O) groups is 2. The maximum atomic E-state index is 12.4. The van der Waals surface area contributed by atoms with E-state index in [2.05, 4.69) is 13.8 Å². The van der Waals surface area contributed by atoms with Crippen LogP contribution in [0.2, 0.25) is 0 Å². The Morgan fingerprint density at radius 1 is 0.481 bits per heavy atom. The number of ether oxygens (including phenoxy) is 2. The van der Waals surface area contributed by atoms with Crippen LogP contribution in [0.1, 0.15) is 156 Å². The molecule has 0 radical (unpaired) electrons. The van der Waals surface area contributed by atoms with Gasteiger partial charge in [-0.1, -0.05) is 114 Å². The van der Waals surface area contributed by atoms with Crippen molar-refractivity contribution < 1.29 is 39.5 Å². The van der Waals surface area contributed by atoms with Gasteiger partial charge < -0.3 is 29.9 Å². The molecule has 0 heterocycles. The summed E-state index contributed by atoms with van der Waals surface area (Å²) >= 11 is 0. The standard InChI is InChI=1S/C46H56O8/c1-3-5-7-9-11-13-21-53-43-31-17-15-18-32(43)24-36-28-40(46(51)52)30-38(42(36)48)26-34-20-16-19-33(44(34)54-22-14-12-10-8-6-4-2)25-37-29-39(45(49)50)27-35(23-31)41(37)47/h15-20,27-30,47-48H,3-14,21-26H2,1-2H3,(H,49,50)(H,51,52). The highest BCUT2D eigenvalue weighted by Crippen LogP contribution is 2.39. The monoisotopic (exact) mass is 736 g/mol. The lowest BCUT2D eigenvalue weighted by atomic mass is 9.90. The summed E-state index contributed by atoms with van der Waals surface area (Å²) in [6.07, 6.45) is 13.9. The summed E-state index contributed by atoms with van der Waals surface area (Å²) in [5, 5.41) is 44.0. The van der Waals surface area contributed by atoms with E-state index in [0.717, 1.165) is 60.8 Å². The van der Waals surface area contributed by atoms with Gasteiger partial charge >= 0.3 is 11.9 Å². The largest absolute Gasteiger partial charge is 0.507 e. The molecule has 0 amide bonds. The third-order valence-electron chi connectivity index (χ3n) is 10.4. The van der Waals surface area contributed by atoms with Crippen molar-refractivity contribution in [1.82, 2.24) is 0 Å². The fourth-order valence-corrected chi connectivity index (χ4v) is 7.44. The van der Waals surface area contributed by atoms with Crippen molar-refractivity contribution in [2.45, 2.75) is 117 Å². The van der Waals surface area contributed by atoms with Crippen LogP contribution in [-0.2, 0) is 25.7 Å². The van der Waals surface area contributed by atoms with Crippen molar-refractivity contribution in [2.24, 2.45) is 0 Å². The molecule has 8 nitrogen and oxygen atoms in total. The van der Waals surface area contributed by atoms with Gasteiger partial charge in [-0.25, -0.2) is 9.59 Å². The van der Waals surface area contributed by atoms with E-state index in [-0.39, 0.29) is 48.3 Å². The third kappa shape index (κ3) is 10.6. The highest BCUT2D eigenvalue weighted by atomic mass is 16.5. The van der Waals surface area contributed by atoms with Gasteiger partial charge in [0.05, 0.1) is 24.3 Å². The quantitative estimate of drug-likeness (QED) is 0.0653. The van der Waals surface area contributed by atoms with Crippen LogP contribution < -0.4 is 9.47 Å². The molecule has 0 spiro atoms. The zero-order valence-corrected chi connectivity index (χ0v) is 31.9. The van der Waals surface area contributed by atoms with E-state index >= 15 is 0 Å². The molecule has 8 heteroatoms. The van der Waals surface area contributed by atoms with Crippen LogP contribution in [-0.4, -0.2) is 45.6 Å². The smallest absolute Gasteiger partial charge is 0.335 e. The first kappa shape index (κ1) is 40.2. The molecule has 54 heavy (non-hydrogen) atoms. The van der Waals surface area contributed by atoms with E-state index in [4.69, 9.17) is 9.47 Å². The number of rotatable bonds is 18. The molecule has 1 aliphatic carbocycles. The summed E-state index contributed by atoms with van der Waals surface area (Å²) in [4.78, 5) is 24.9. The minimum atomic E-state index is -1.09. The first-order valence-corrected chi connectivity index (χ1v) is 19.8. The van der Waals surface area contributed by atoms with E-state index in [9.17, 15) is 30.0 Å². The lowest BCUT2D eigenvalue weighted by Crippen LogP contribution is -2.09. The predicted molar refractivity (Wildman–Crippen MR) is 212 cm³/mol.